The van der Waals surface area contributed by atoms with Crippen LogP contribution in [0.15, 0.2) is 61.1 Å². The van der Waals surface area contributed by atoms with Crippen LogP contribution in [0, 0.1) is 0 Å². The summed E-state index contributed by atoms with van der Waals surface area (Å²) in [4.78, 5) is 21.0. The molecule has 1 aromatic carbocycles. The average Bonchev–Trinajstić information content (AvgIpc) is 3.14. The molecule has 2 heterocycles. The Hall–Kier alpha value is -2.93. The number of rotatable bonds is 8. The predicted molar refractivity (Wildman–Crippen MR) is 97.9 cm³/mol. The lowest BCUT2D eigenvalue weighted by molar-refractivity contribution is 0.0951. The standard InChI is InChI=1S/C18H18N4O2S/c23-17(20-9-10-24-15-6-2-1-3-7-15)16-13-22-18(25-16)21-12-14-5-4-8-19-11-14/h1-8,11,13H,9-10,12H2,(H,20,23)(H,21,22). The Balaban J connectivity index is 1.41. The Morgan fingerprint density at radius 1 is 1.12 bits per heavy atom. The van der Waals surface area contributed by atoms with Crippen LogP contribution in [0.5, 0.6) is 5.75 Å². The van der Waals surface area contributed by atoms with E-state index in [0.29, 0.717) is 29.7 Å². The molecule has 0 fully saturated rings. The molecule has 128 valence electrons. The number of nitrogens with one attached hydrogen (secondary N) is 2. The van der Waals surface area contributed by atoms with Crippen LogP contribution in [0.25, 0.3) is 0 Å². The van der Waals surface area contributed by atoms with Crippen molar-refractivity contribution >= 4 is 22.4 Å². The minimum atomic E-state index is -0.149. The molecule has 0 atom stereocenters. The molecule has 1 amide bonds. The molecule has 7 heteroatoms. The first-order valence-corrected chi connectivity index (χ1v) is 8.67. The van der Waals surface area contributed by atoms with Gasteiger partial charge in [0.1, 0.15) is 17.2 Å². The Bertz CT molecular complexity index is 793. The van der Waals surface area contributed by atoms with Crippen LogP contribution in [-0.4, -0.2) is 29.0 Å². The molecule has 0 unspecified atom stereocenters. The third-order valence-electron chi connectivity index (χ3n) is 3.30. The van der Waals surface area contributed by atoms with Gasteiger partial charge in [0.2, 0.25) is 0 Å². The second-order valence-electron chi connectivity index (χ2n) is 5.16. The molecular formula is C18H18N4O2S. The normalized spacial score (nSPS) is 10.2. The van der Waals surface area contributed by atoms with Gasteiger partial charge in [0, 0.05) is 18.9 Å². The summed E-state index contributed by atoms with van der Waals surface area (Å²) in [5, 5.41) is 6.72. The molecule has 0 aliphatic rings. The number of carbonyl (C=O) groups excluding carboxylic acids is 1. The average molecular weight is 354 g/mol. The van der Waals surface area contributed by atoms with E-state index in [9.17, 15) is 4.79 Å². The summed E-state index contributed by atoms with van der Waals surface area (Å²) in [5.41, 5.74) is 1.06. The van der Waals surface area contributed by atoms with Crippen molar-refractivity contribution in [3.05, 3.63) is 71.5 Å². The van der Waals surface area contributed by atoms with Crippen molar-refractivity contribution in [2.45, 2.75) is 6.54 Å². The fraction of sp³-hybridized carbons (Fsp3) is 0.167. The largest absolute Gasteiger partial charge is 0.492 e. The smallest absolute Gasteiger partial charge is 0.263 e. The lowest BCUT2D eigenvalue weighted by Crippen LogP contribution is -2.27. The topological polar surface area (TPSA) is 76.1 Å². The Morgan fingerprint density at radius 2 is 2.00 bits per heavy atom. The number of ether oxygens (including phenoxy) is 1. The number of benzene rings is 1. The van der Waals surface area contributed by atoms with Crippen LogP contribution in [0.3, 0.4) is 0 Å². The van der Waals surface area contributed by atoms with E-state index < -0.39 is 0 Å². The highest BCUT2D eigenvalue weighted by atomic mass is 32.1. The molecule has 0 saturated carbocycles. The van der Waals surface area contributed by atoms with E-state index in [1.54, 1.807) is 18.6 Å². The highest BCUT2D eigenvalue weighted by molar-refractivity contribution is 7.17. The fourth-order valence-electron chi connectivity index (χ4n) is 2.08. The number of hydrogen-bond donors (Lipinski definition) is 2. The zero-order valence-corrected chi connectivity index (χ0v) is 14.3. The molecule has 0 aliphatic carbocycles. The van der Waals surface area contributed by atoms with Crippen molar-refractivity contribution in [3.63, 3.8) is 0 Å². The van der Waals surface area contributed by atoms with Gasteiger partial charge in [-0.2, -0.15) is 0 Å². The third kappa shape index (κ3) is 5.29. The molecular weight excluding hydrogens is 336 g/mol. The van der Waals surface area contributed by atoms with Gasteiger partial charge in [-0.05, 0) is 23.8 Å². The van der Waals surface area contributed by atoms with E-state index in [4.69, 9.17) is 4.74 Å². The number of amides is 1. The number of thiazole rings is 1. The van der Waals surface area contributed by atoms with E-state index in [2.05, 4.69) is 20.6 Å². The molecule has 3 aromatic rings. The SMILES string of the molecule is O=C(NCCOc1ccccc1)c1cnc(NCc2cccnc2)s1. The minimum Gasteiger partial charge on any atom is -0.492 e. The molecule has 0 radical (unpaired) electrons. The molecule has 0 spiro atoms. The predicted octanol–water partition coefficient (Wildman–Crippen LogP) is 2.96. The first kappa shape index (κ1) is 16.9. The molecule has 3 rings (SSSR count). The molecule has 2 aromatic heterocycles. The summed E-state index contributed by atoms with van der Waals surface area (Å²) in [6, 6.07) is 13.4. The second kappa shape index (κ2) is 8.79. The second-order valence-corrected chi connectivity index (χ2v) is 6.19. The minimum absolute atomic E-state index is 0.149. The highest BCUT2D eigenvalue weighted by Crippen LogP contribution is 2.18. The summed E-state index contributed by atoms with van der Waals surface area (Å²) < 4.78 is 5.54. The van der Waals surface area contributed by atoms with E-state index in [0.717, 1.165) is 11.3 Å². The van der Waals surface area contributed by atoms with Crippen LogP contribution >= 0.6 is 11.3 Å². The van der Waals surface area contributed by atoms with Gasteiger partial charge >= 0.3 is 0 Å². The number of pyridine rings is 1. The lowest BCUT2D eigenvalue weighted by atomic mass is 10.3. The van der Waals surface area contributed by atoms with E-state index in [1.165, 1.54) is 11.3 Å². The number of para-hydroxylation sites is 1. The summed E-state index contributed by atoms with van der Waals surface area (Å²) >= 11 is 1.32. The van der Waals surface area contributed by atoms with Gasteiger partial charge in [-0.15, -0.1) is 0 Å². The molecule has 0 aliphatic heterocycles. The molecule has 2 N–H and O–H groups in total. The van der Waals surface area contributed by atoms with Crippen LogP contribution in [-0.2, 0) is 6.54 Å². The van der Waals surface area contributed by atoms with Gasteiger partial charge < -0.3 is 15.4 Å². The van der Waals surface area contributed by atoms with E-state index in [1.807, 2.05) is 42.5 Å². The first-order chi connectivity index (χ1) is 12.3. The lowest BCUT2D eigenvalue weighted by Gasteiger charge is -2.06. The van der Waals surface area contributed by atoms with Crippen molar-refractivity contribution in [2.24, 2.45) is 0 Å². The molecule has 0 bridgehead atoms. The summed E-state index contributed by atoms with van der Waals surface area (Å²) in [6.45, 7) is 1.47. The number of aromatic nitrogens is 2. The van der Waals surface area contributed by atoms with Crippen molar-refractivity contribution in [1.82, 2.24) is 15.3 Å². The zero-order valence-electron chi connectivity index (χ0n) is 13.5. The van der Waals surface area contributed by atoms with Crippen LogP contribution in [0.2, 0.25) is 0 Å². The third-order valence-corrected chi connectivity index (χ3v) is 4.25. The summed E-state index contributed by atoms with van der Waals surface area (Å²) in [6.07, 6.45) is 5.10. The highest BCUT2D eigenvalue weighted by Gasteiger charge is 2.10. The van der Waals surface area contributed by atoms with Gasteiger partial charge in [0.05, 0.1) is 12.7 Å². The maximum atomic E-state index is 12.1. The summed E-state index contributed by atoms with van der Waals surface area (Å²) in [7, 11) is 0. The molecule has 0 saturated heterocycles. The van der Waals surface area contributed by atoms with Crippen LogP contribution < -0.4 is 15.4 Å². The maximum Gasteiger partial charge on any atom is 0.263 e. The maximum absolute atomic E-state index is 12.1. The van der Waals surface area contributed by atoms with E-state index in [-0.39, 0.29) is 5.91 Å². The quantitative estimate of drug-likeness (QED) is 0.608. The fourth-order valence-corrected chi connectivity index (χ4v) is 2.81. The summed E-state index contributed by atoms with van der Waals surface area (Å²) in [5.74, 6) is 0.639. The van der Waals surface area contributed by atoms with Crippen LogP contribution in [0.1, 0.15) is 15.2 Å². The van der Waals surface area contributed by atoms with Crippen LogP contribution in [0.4, 0.5) is 5.13 Å². The van der Waals surface area contributed by atoms with Gasteiger partial charge in [-0.3, -0.25) is 9.78 Å². The van der Waals surface area contributed by atoms with Crippen molar-refractivity contribution in [3.8, 4) is 5.75 Å². The molecule has 6 nitrogen and oxygen atoms in total. The zero-order chi connectivity index (χ0) is 17.3. The van der Waals surface area contributed by atoms with Crippen molar-refractivity contribution < 1.29 is 9.53 Å². The number of hydrogen-bond acceptors (Lipinski definition) is 6. The number of nitrogens with zero attached hydrogens (tertiary/aromatic N) is 2. The molecule has 25 heavy (non-hydrogen) atoms. The number of anilines is 1. The Kier molecular flexibility index (Phi) is 5.95. The monoisotopic (exact) mass is 354 g/mol. The van der Waals surface area contributed by atoms with E-state index >= 15 is 0 Å². The van der Waals surface area contributed by atoms with Gasteiger partial charge in [-0.25, -0.2) is 4.98 Å². The van der Waals surface area contributed by atoms with Crippen molar-refractivity contribution in [2.75, 3.05) is 18.5 Å². The van der Waals surface area contributed by atoms with Gasteiger partial charge in [-0.1, -0.05) is 35.6 Å². The Morgan fingerprint density at radius 3 is 2.80 bits per heavy atom. The van der Waals surface area contributed by atoms with Gasteiger partial charge in [0.15, 0.2) is 5.13 Å². The Labute approximate surface area is 149 Å². The number of carbonyl (C=O) groups is 1. The first-order valence-electron chi connectivity index (χ1n) is 7.86. The van der Waals surface area contributed by atoms with Gasteiger partial charge in [0.25, 0.3) is 5.91 Å². The van der Waals surface area contributed by atoms with Crippen molar-refractivity contribution in [1.29, 1.82) is 0 Å².